The van der Waals surface area contributed by atoms with Crippen molar-refractivity contribution in [3.63, 3.8) is 0 Å². The van der Waals surface area contributed by atoms with E-state index < -0.39 is 11.9 Å². The SMILES string of the molecule is CCN(CC)CCNC(=O)c1ccc(N=C(c2ccccc2)C2C(=O)Nc3cc(C(=O)OC)ccc32)cc1. The topological polar surface area (TPSA) is 100 Å². The van der Waals surface area contributed by atoms with Crippen LogP contribution in [0.2, 0.25) is 0 Å². The lowest BCUT2D eigenvalue weighted by molar-refractivity contribution is -0.115. The summed E-state index contributed by atoms with van der Waals surface area (Å²) in [5, 5.41) is 5.84. The first-order valence-electron chi connectivity index (χ1n) is 12.7. The number of nitrogens with one attached hydrogen (secondary N) is 2. The Morgan fingerprint density at radius 3 is 2.29 bits per heavy atom. The molecule has 4 rings (SSSR count). The fraction of sp³-hybridized carbons (Fsp3) is 0.267. The molecule has 0 aromatic heterocycles. The van der Waals surface area contributed by atoms with Gasteiger partial charge in [-0.25, -0.2) is 4.79 Å². The van der Waals surface area contributed by atoms with Crippen LogP contribution < -0.4 is 10.6 Å². The number of aliphatic imine (C=N–C) groups is 1. The van der Waals surface area contributed by atoms with Gasteiger partial charge in [0.1, 0.15) is 5.92 Å². The van der Waals surface area contributed by atoms with Gasteiger partial charge in [0.25, 0.3) is 5.91 Å². The fourth-order valence-electron chi connectivity index (χ4n) is 4.48. The van der Waals surface area contributed by atoms with Crippen molar-refractivity contribution in [2.24, 2.45) is 4.99 Å². The number of likely N-dealkylation sites (N-methyl/N-ethyl adjacent to an activating group) is 1. The van der Waals surface area contributed by atoms with E-state index in [0.29, 0.717) is 34.8 Å². The number of fused-ring (bicyclic) bond motifs is 1. The Morgan fingerprint density at radius 2 is 1.63 bits per heavy atom. The number of anilines is 1. The quantitative estimate of drug-likeness (QED) is 0.310. The summed E-state index contributed by atoms with van der Waals surface area (Å²) in [6.07, 6.45) is 0. The minimum Gasteiger partial charge on any atom is -0.465 e. The summed E-state index contributed by atoms with van der Waals surface area (Å²) in [4.78, 5) is 44.8. The average Bonchev–Trinajstić information content (AvgIpc) is 3.28. The maximum absolute atomic E-state index is 13.2. The van der Waals surface area contributed by atoms with E-state index in [1.807, 2.05) is 30.3 Å². The highest BCUT2D eigenvalue weighted by atomic mass is 16.5. The number of rotatable bonds is 10. The lowest BCUT2D eigenvalue weighted by atomic mass is 9.90. The first kappa shape index (κ1) is 26.8. The molecule has 0 spiro atoms. The largest absolute Gasteiger partial charge is 0.465 e. The number of esters is 1. The molecule has 0 saturated carbocycles. The van der Waals surface area contributed by atoms with Crippen molar-refractivity contribution in [1.82, 2.24) is 10.2 Å². The van der Waals surface area contributed by atoms with Gasteiger partial charge in [-0.1, -0.05) is 50.2 Å². The molecule has 196 valence electrons. The summed E-state index contributed by atoms with van der Waals surface area (Å²) in [6.45, 7) is 7.46. The summed E-state index contributed by atoms with van der Waals surface area (Å²) in [5.41, 5.74) is 4.19. The molecule has 1 atom stereocenters. The molecule has 1 aliphatic heterocycles. The monoisotopic (exact) mass is 512 g/mol. The molecule has 0 saturated heterocycles. The third kappa shape index (κ3) is 5.98. The molecule has 3 aromatic rings. The van der Waals surface area contributed by atoms with Gasteiger partial charge in [0.05, 0.1) is 24.1 Å². The van der Waals surface area contributed by atoms with Crippen LogP contribution in [0.3, 0.4) is 0 Å². The van der Waals surface area contributed by atoms with Crippen molar-refractivity contribution in [3.8, 4) is 0 Å². The van der Waals surface area contributed by atoms with Crippen LogP contribution in [-0.4, -0.2) is 61.7 Å². The molecule has 1 heterocycles. The van der Waals surface area contributed by atoms with E-state index in [1.54, 1.807) is 42.5 Å². The lowest BCUT2D eigenvalue weighted by Crippen LogP contribution is -2.34. The van der Waals surface area contributed by atoms with E-state index in [2.05, 4.69) is 29.4 Å². The van der Waals surface area contributed by atoms with Crippen LogP contribution in [-0.2, 0) is 9.53 Å². The Labute approximate surface area is 222 Å². The minimum absolute atomic E-state index is 0.138. The first-order valence-corrected chi connectivity index (χ1v) is 12.7. The van der Waals surface area contributed by atoms with Crippen LogP contribution in [0, 0.1) is 0 Å². The molecule has 38 heavy (non-hydrogen) atoms. The number of benzene rings is 3. The number of amides is 2. The van der Waals surface area contributed by atoms with Crippen LogP contribution in [0.1, 0.15) is 51.6 Å². The van der Waals surface area contributed by atoms with Gasteiger partial charge in [-0.3, -0.25) is 14.6 Å². The highest BCUT2D eigenvalue weighted by molar-refractivity contribution is 6.24. The van der Waals surface area contributed by atoms with Gasteiger partial charge in [0.15, 0.2) is 0 Å². The van der Waals surface area contributed by atoms with Gasteiger partial charge in [0, 0.05) is 24.3 Å². The molecule has 0 radical (unpaired) electrons. The Bertz CT molecular complexity index is 1330. The normalized spacial score (nSPS) is 14.7. The average molecular weight is 513 g/mol. The van der Waals surface area contributed by atoms with E-state index >= 15 is 0 Å². The van der Waals surface area contributed by atoms with Crippen molar-refractivity contribution in [2.45, 2.75) is 19.8 Å². The minimum atomic E-state index is -0.665. The Balaban J connectivity index is 1.61. The zero-order valence-electron chi connectivity index (χ0n) is 21.9. The molecule has 8 nitrogen and oxygen atoms in total. The van der Waals surface area contributed by atoms with Gasteiger partial charge in [-0.2, -0.15) is 0 Å². The molecule has 0 bridgehead atoms. The third-order valence-corrected chi connectivity index (χ3v) is 6.64. The molecule has 0 fully saturated rings. The molecule has 2 N–H and O–H groups in total. The highest BCUT2D eigenvalue weighted by Crippen LogP contribution is 2.37. The standard InChI is InChI=1S/C30H32N4O4/c1-4-34(5-2)18-17-31-28(35)21-11-14-23(15-12-21)32-27(20-9-7-6-8-10-20)26-24-16-13-22(30(37)38-3)19-25(24)33-29(26)36/h6-16,19,26H,4-5,17-18H2,1-3H3,(H,31,35)(H,33,36). The Hall–Kier alpha value is -4.30. The molecular weight excluding hydrogens is 480 g/mol. The number of carbonyl (C=O) groups excluding carboxylic acids is 3. The number of ether oxygens (including phenoxy) is 1. The second-order valence-electron chi connectivity index (χ2n) is 8.91. The maximum atomic E-state index is 13.2. The molecule has 3 aromatic carbocycles. The number of carbonyl (C=O) groups is 3. The van der Waals surface area contributed by atoms with E-state index in [1.165, 1.54) is 7.11 Å². The maximum Gasteiger partial charge on any atom is 0.337 e. The number of methoxy groups -OCH3 is 1. The molecule has 1 aliphatic rings. The van der Waals surface area contributed by atoms with E-state index in [9.17, 15) is 14.4 Å². The van der Waals surface area contributed by atoms with Gasteiger partial charge >= 0.3 is 5.97 Å². The summed E-state index contributed by atoms with van der Waals surface area (Å²) >= 11 is 0. The van der Waals surface area contributed by atoms with Crippen LogP contribution in [0.4, 0.5) is 11.4 Å². The molecule has 8 heteroatoms. The fourth-order valence-corrected chi connectivity index (χ4v) is 4.48. The summed E-state index contributed by atoms with van der Waals surface area (Å²) in [5.74, 6) is -1.50. The van der Waals surface area contributed by atoms with Crippen molar-refractivity contribution < 1.29 is 19.1 Å². The third-order valence-electron chi connectivity index (χ3n) is 6.64. The number of hydrogen-bond donors (Lipinski definition) is 2. The number of hydrogen-bond acceptors (Lipinski definition) is 6. The van der Waals surface area contributed by atoms with Crippen LogP contribution in [0.5, 0.6) is 0 Å². The predicted octanol–water partition coefficient (Wildman–Crippen LogP) is 4.40. The second kappa shape index (κ2) is 12.3. The summed E-state index contributed by atoms with van der Waals surface area (Å²) in [6, 6.07) is 21.5. The zero-order chi connectivity index (χ0) is 27.1. The molecule has 1 unspecified atom stereocenters. The summed E-state index contributed by atoms with van der Waals surface area (Å²) in [7, 11) is 1.32. The van der Waals surface area contributed by atoms with Crippen molar-refractivity contribution >= 4 is 34.9 Å². The van der Waals surface area contributed by atoms with Gasteiger partial charge in [-0.15, -0.1) is 0 Å². The van der Waals surface area contributed by atoms with Gasteiger partial charge in [-0.05, 0) is 60.6 Å². The van der Waals surface area contributed by atoms with Crippen LogP contribution in [0.25, 0.3) is 0 Å². The van der Waals surface area contributed by atoms with Gasteiger partial charge < -0.3 is 20.3 Å². The van der Waals surface area contributed by atoms with Gasteiger partial charge in [0.2, 0.25) is 5.91 Å². The zero-order valence-corrected chi connectivity index (χ0v) is 21.9. The van der Waals surface area contributed by atoms with Crippen molar-refractivity contribution in [1.29, 1.82) is 0 Å². The second-order valence-corrected chi connectivity index (χ2v) is 8.91. The Kier molecular flexibility index (Phi) is 8.66. The Morgan fingerprint density at radius 1 is 0.947 bits per heavy atom. The molecular formula is C30H32N4O4. The number of nitrogens with zero attached hydrogens (tertiary/aromatic N) is 2. The van der Waals surface area contributed by atoms with E-state index in [4.69, 9.17) is 9.73 Å². The molecule has 0 aliphatic carbocycles. The van der Waals surface area contributed by atoms with Crippen LogP contribution >= 0.6 is 0 Å². The van der Waals surface area contributed by atoms with Crippen molar-refractivity contribution in [3.05, 3.63) is 95.1 Å². The van der Waals surface area contributed by atoms with Crippen LogP contribution in [0.15, 0.2) is 77.8 Å². The first-order chi connectivity index (χ1) is 18.4. The molecule has 2 amide bonds. The smallest absolute Gasteiger partial charge is 0.337 e. The van der Waals surface area contributed by atoms with Crippen molar-refractivity contribution in [2.75, 3.05) is 38.6 Å². The summed E-state index contributed by atoms with van der Waals surface area (Å²) < 4.78 is 4.81. The van der Waals surface area contributed by atoms with E-state index in [0.717, 1.165) is 30.8 Å². The van der Waals surface area contributed by atoms with E-state index in [-0.39, 0.29) is 11.8 Å². The lowest BCUT2D eigenvalue weighted by Gasteiger charge is -2.18. The predicted molar refractivity (Wildman–Crippen MR) is 148 cm³/mol. The highest BCUT2D eigenvalue weighted by Gasteiger charge is 2.36.